The summed E-state index contributed by atoms with van der Waals surface area (Å²) in [6.45, 7) is 17.3. The first-order chi connectivity index (χ1) is 17.9. The number of aliphatic hydroxyl groups excluding tert-OH is 3. The van der Waals surface area contributed by atoms with Crippen molar-refractivity contribution >= 4 is 0 Å². The summed E-state index contributed by atoms with van der Waals surface area (Å²) < 4.78 is 6.89. The smallest absolute Gasteiger partial charge is 0.126 e. The van der Waals surface area contributed by atoms with Gasteiger partial charge >= 0.3 is 0 Å². The summed E-state index contributed by atoms with van der Waals surface area (Å²) in [6.07, 6.45) is 12.6. The number of aryl methyl sites for hydroxylation is 2. The van der Waals surface area contributed by atoms with Gasteiger partial charge in [0.2, 0.25) is 0 Å². The number of fused-ring (bicyclic) bond motifs is 1. The monoisotopic (exact) mass is 531 g/mol. The lowest BCUT2D eigenvalue weighted by atomic mass is 9.68. The van der Waals surface area contributed by atoms with Crippen LogP contribution in [0.25, 0.3) is 0 Å². The topological polar surface area (TPSA) is 69.9 Å². The van der Waals surface area contributed by atoms with E-state index in [0.717, 1.165) is 53.5 Å². The molecule has 1 radical (unpaired) electrons. The fraction of sp³-hybridized carbons (Fsp3) is 0.824. The largest absolute Gasteiger partial charge is 0.487 e. The summed E-state index contributed by atoms with van der Waals surface area (Å²) in [4.78, 5) is 0. The molecular weight excluding hydrogens is 472 g/mol. The van der Waals surface area contributed by atoms with Crippen LogP contribution in [0.4, 0.5) is 0 Å². The molecule has 0 bridgehead atoms. The van der Waals surface area contributed by atoms with Gasteiger partial charge in [0.15, 0.2) is 0 Å². The number of aliphatic hydroxyl groups is 3. The van der Waals surface area contributed by atoms with Gasteiger partial charge in [-0.25, -0.2) is 0 Å². The molecule has 0 spiro atoms. The zero-order valence-electron chi connectivity index (χ0n) is 26.0. The van der Waals surface area contributed by atoms with E-state index in [0.29, 0.717) is 12.3 Å². The van der Waals surface area contributed by atoms with E-state index < -0.39 is 11.0 Å². The number of benzene rings is 1. The molecular formula is C34H59O4. The molecule has 0 saturated heterocycles. The van der Waals surface area contributed by atoms with Crippen LogP contribution in [-0.4, -0.2) is 40.7 Å². The first-order valence-corrected chi connectivity index (χ1v) is 15.4. The van der Waals surface area contributed by atoms with Crippen LogP contribution in [0.1, 0.15) is 121 Å². The van der Waals surface area contributed by atoms with E-state index in [4.69, 9.17) is 4.74 Å². The van der Waals surface area contributed by atoms with Gasteiger partial charge in [0.1, 0.15) is 11.4 Å². The summed E-state index contributed by atoms with van der Waals surface area (Å²) >= 11 is 0. The molecule has 2 rings (SSSR count). The third-order valence-corrected chi connectivity index (χ3v) is 9.58. The molecule has 38 heavy (non-hydrogen) atoms. The zero-order valence-corrected chi connectivity index (χ0v) is 26.0. The summed E-state index contributed by atoms with van der Waals surface area (Å²) in [6, 6.07) is 3.49. The second-order valence-corrected chi connectivity index (χ2v) is 13.7. The van der Waals surface area contributed by atoms with E-state index in [1.54, 1.807) is 0 Å². The number of hydrogen-bond acceptors (Lipinski definition) is 4. The van der Waals surface area contributed by atoms with Gasteiger partial charge in [0.05, 0.1) is 19.8 Å². The highest BCUT2D eigenvalue weighted by Gasteiger charge is 2.45. The fourth-order valence-electron chi connectivity index (χ4n) is 6.37. The van der Waals surface area contributed by atoms with E-state index in [1.165, 1.54) is 50.5 Å². The van der Waals surface area contributed by atoms with Crippen molar-refractivity contribution in [1.82, 2.24) is 0 Å². The Kier molecular flexibility index (Phi) is 13.1. The summed E-state index contributed by atoms with van der Waals surface area (Å²) in [5, 5.41) is 30.2. The summed E-state index contributed by atoms with van der Waals surface area (Å²) in [7, 11) is 0. The van der Waals surface area contributed by atoms with Crippen molar-refractivity contribution in [3.63, 3.8) is 0 Å². The Hall–Kier alpha value is -1.10. The SMILES string of the molecule is Cc1[c]c(C)c2c(c1C)OC(C)(CCCC(C)CCCC(C)CCCC(C)C)C(CC(CO)(CO)CO)C2. The van der Waals surface area contributed by atoms with Crippen molar-refractivity contribution < 1.29 is 20.1 Å². The predicted molar refractivity (Wildman–Crippen MR) is 159 cm³/mol. The van der Waals surface area contributed by atoms with Crippen LogP contribution < -0.4 is 4.74 Å². The molecule has 1 aliphatic heterocycles. The first-order valence-electron chi connectivity index (χ1n) is 15.4. The Labute approximate surface area is 234 Å². The van der Waals surface area contributed by atoms with E-state index >= 15 is 0 Å². The average molecular weight is 532 g/mol. The molecule has 4 heteroatoms. The van der Waals surface area contributed by atoms with Gasteiger partial charge in [-0.1, -0.05) is 72.6 Å². The van der Waals surface area contributed by atoms with Gasteiger partial charge < -0.3 is 20.1 Å². The van der Waals surface area contributed by atoms with Crippen LogP contribution in [-0.2, 0) is 6.42 Å². The molecule has 1 aromatic rings. The zero-order chi connectivity index (χ0) is 28.5. The van der Waals surface area contributed by atoms with Gasteiger partial charge in [-0.2, -0.15) is 0 Å². The molecule has 0 fully saturated rings. The Balaban J connectivity index is 2.03. The molecule has 1 heterocycles. The van der Waals surface area contributed by atoms with Crippen molar-refractivity contribution in [2.45, 2.75) is 132 Å². The van der Waals surface area contributed by atoms with Crippen molar-refractivity contribution in [2.75, 3.05) is 19.8 Å². The van der Waals surface area contributed by atoms with Crippen molar-refractivity contribution in [3.8, 4) is 5.75 Å². The predicted octanol–water partition coefficient (Wildman–Crippen LogP) is 7.51. The minimum atomic E-state index is -0.899. The minimum absolute atomic E-state index is 0.0950. The molecule has 1 aliphatic rings. The van der Waals surface area contributed by atoms with Gasteiger partial charge in [0.25, 0.3) is 0 Å². The number of ether oxygens (including phenoxy) is 1. The second kappa shape index (κ2) is 15.1. The third kappa shape index (κ3) is 8.96. The molecule has 0 aromatic heterocycles. The highest BCUT2D eigenvalue weighted by molar-refractivity contribution is 5.51. The summed E-state index contributed by atoms with van der Waals surface area (Å²) in [5.74, 6) is 3.43. The lowest BCUT2D eigenvalue weighted by molar-refractivity contribution is -0.0633. The maximum absolute atomic E-state index is 10.1. The lowest BCUT2D eigenvalue weighted by Crippen LogP contribution is -2.49. The summed E-state index contributed by atoms with van der Waals surface area (Å²) in [5.41, 5.74) is 3.28. The highest BCUT2D eigenvalue weighted by atomic mass is 16.5. The van der Waals surface area contributed by atoms with Crippen molar-refractivity contribution in [3.05, 3.63) is 28.3 Å². The number of hydrogen-bond donors (Lipinski definition) is 3. The van der Waals surface area contributed by atoms with E-state index in [2.05, 4.69) is 61.5 Å². The van der Waals surface area contributed by atoms with Crippen LogP contribution in [0.3, 0.4) is 0 Å². The fourth-order valence-corrected chi connectivity index (χ4v) is 6.37. The van der Waals surface area contributed by atoms with E-state index in [9.17, 15) is 15.3 Å². The van der Waals surface area contributed by atoms with Crippen LogP contribution in [0.2, 0.25) is 0 Å². The molecule has 0 aliphatic carbocycles. The molecule has 4 nitrogen and oxygen atoms in total. The van der Waals surface area contributed by atoms with E-state index in [-0.39, 0.29) is 25.7 Å². The standard InChI is InChI=1S/C34H59O4/c1-24(2)12-9-13-25(3)14-10-15-26(4)16-11-17-33(8)30(20-34(21-35,22-36)23-37)19-31-28(6)18-27(5)29(7)32(31)38-33/h24-26,30,35-37H,9-17,19-23H2,1-8H3. The normalized spacial score (nSPS) is 21.3. The molecule has 1 aromatic carbocycles. The van der Waals surface area contributed by atoms with Gasteiger partial charge in [-0.05, 0) is 99.5 Å². The number of rotatable bonds is 17. The Morgan fingerprint density at radius 2 is 1.37 bits per heavy atom. The molecule has 4 unspecified atom stereocenters. The molecule has 4 atom stereocenters. The van der Waals surface area contributed by atoms with Gasteiger partial charge in [0, 0.05) is 11.3 Å². The maximum Gasteiger partial charge on any atom is 0.126 e. The molecule has 219 valence electrons. The average Bonchev–Trinajstić information content (AvgIpc) is 2.86. The van der Waals surface area contributed by atoms with Crippen LogP contribution in [0.15, 0.2) is 0 Å². The highest BCUT2D eigenvalue weighted by Crippen LogP contribution is 2.47. The molecule has 3 N–H and O–H groups in total. The maximum atomic E-state index is 10.1. The third-order valence-electron chi connectivity index (χ3n) is 9.58. The lowest BCUT2D eigenvalue weighted by Gasteiger charge is -2.47. The quantitative estimate of drug-likeness (QED) is 0.194. The Morgan fingerprint density at radius 1 is 0.842 bits per heavy atom. The second-order valence-electron chi connectivity index (χ2n) is 13.7. The van der Waals surface area contributed by atoms with Gasteiger partial charge in [-0.3, -0.25) is 0 Å². The Morgan fingerprint density at radius 3 is 1.89 bits per heavy atom. The van der Waals surface area contributed by atoms with Crippen LogP contribution in [0, 0.1) is 55.9 Å². The first kappa shape index (κ1) is 33.1. The molecule has 0 amide bonds. The van der Waals surface area contributed by atoms with Crippen LogP contribution >= 0.6 is 0 Å². The van der Waals surface area contributed by atoms with Crippen molar-refractivity contribution in [2.24, 2.45) is 29.1 Å². The van der Waals surface area contributed by atoms with Gasteiger partial charge in [-0.15, -0.1) is 0 Å². The van der Waals surface area contributed by atoms with E-state index in [1.807, 2.05) is 0 Å². The minimum Gasteiger partial charge on any atom is -0.487 e. The van der Waals surface area contributed by atoms with Crippen molar-refractivity contribution in [1.29, 1.82) is 0 Å². The molecule has 0 saturated carbocycles. The Bertz CT molecular complexity index is 835. The van der Waals surface area contributed by atoms with Crippen LogP contribution in [0.5, 0.6) is 5.75 Å².